The van der Waals surface area contributed by atoms with E-state index in [1.807, 2.05) is 0 Å². The van der Waals surface area contributed by atoms with Crippen LogP contribution in [0.2, 0.25) is 0 Å². The highest BCUT2D eigenvalue weighted by atomic mass is 19.1. The molecule has 1 aliphatic heterocycles. The zero-order chi connectivity index (χ0) is 8.97. The minimum Gasteiger partial charge on any atom is -0.380 e. The van der Waals surface area contributed by atoms with E-state index in [-0.39, 0.29) is 12.6 Å². The van der Waals surface area contributed by atoms with Gasteiger partial charge in [-0.2, -0.15) is 0 Å². The molecule has 1 fully saturated rings. The molecule has 0 aromatic carbocycles. The molecular formula is C9H18FNO. The highest BCUT2D eigenvalue weighted by molar-refractivity contribution is 4.71. The van der Waals surface area contributed by atoms with Crippen molar-refractivity contribution >= 4 is 0 Å². The van der Waals surface area contributed by atoms with Crippen LogP contribution in [0.1, 0.15) is 13.8 Å². The van der Waals surface area contributed by atoms with E-state index in [4.69, 9.17) is 4.74 Å². The van der Waals surface area contributed by atoms with Crippen LogP contribution in [0.5, 0.6) is 0 Å². The summed E-state index contributed by atoms with van der Waals surface area (Å²) < 4.78 is 17.7. The summed E-state index contributed by atoms with van der Waals surface area (Å²) in [6.45, 7) is 7.13. The molecular weight excluding hydrogens is 157 g/mol. The van der Waals surface area contributed by atoms with E-state index in [1.165, 1.54) is 0 Å². The summed E-state index contributed by atoms with van der Waals surface area (Å²) in [7, 11) is 0. The standard InChI is InChI=1S/C9H18FNO/c1-8(2)11-3-4-12-7-9(5-10)6-11/h8-9H,3-7H2,1-2H3/t9-/m0/s1. The largest absolute Gasteiger partial charge is 0.380 e. The molecule has 0 N–H and O–H groups in total. The first-order valence-corrected chi connectivity index (χ1v) is 4.61. The summed E-state index contributed by atoms with van der Waals surface area (Å²) in [5.41, 5.74) is 0. The number of alkyl halides is 1. The van der Waals surface area contributed by atoms with E-state index in [1.54, 1.807) is 0 Å². The summed E-state index contributed by atoms with van der Waals surface area (Å²) in [5, 5.41) is 0. The number of hydrogen-bond acceptors (Lipinski definition) is 2. The molecule has 0 aromatic heterocycles. The second kappa shape index (κ2) is 4.77. The zero-order valence-corrected chi connectivity index (χ0v) is 7.92. The second-order valence-electron chi connectivity index (χ2n) is 3.68. The van der Waals surface area contributed by atoms with E-state index >= 15 is 0 Å². The molecule has 0 aliphatic carbocycles. The van der Waals surface area contributed by atoms with E-state index < -0.39 is 0 Å². The van der Waals surface area contributed by atoms with Crippen molar-refractivity contribution in [2.24, 2.45) is 5.92 Å². The Bertz CT molecular complexity index is 130. The van der Waals surface area contributed by atoms with Gasteiger partial charge in [0, 0.05) is 25.0 Å². The Labute approximate surface area is 73.7 Å². The van der Waals surface area contributed by atoms with Crippen molar-refractivity contribution in [2.45, 2.75) is 19.9 Å². The van der Waals surface area contributed by atoms with Gasteiger partial charge in [-0.15, -0.1) is 0 Å². The van der Waals surface area contributed by atoms with Crippen molar-refractivity contribution in [3.63, 3.8) is 0 Å². The summed E-state index contributed by atoms with van der Waals surface area (Å²) in [6.07, 6.45) is 0. The lowest BCUT2D eigenvalue weighted by atomic mass is 10.1. The van der Waals surface area contributed by atoms with Crippen LogP contribution < -0.4 is 0 Å². The molecule has 0 aromatic rings. The van der Waals surface area contributed by atoms with Crippen molar-refractivity contribution < 1.29 is 9.13 Å². The molecule has 2 nitrogen and oxygen atoms in total. The molecule has 0 spiro atoms. The third kappa shape index (κ3) is 2.72. The highest BCUT2D eigenvalue weighted by Gasteiger charge is 2.19. The van der Waals surface area contributed by atoms with E-state index in [2.05, 4.69) is 18.7 Å². The quantitative estimate of drug-likeness (QED) is 0.627. The van der Waals surface area contributed by atoms with Gasteiger partial charge in [0.25, 0.3) is 0 Å². The van der Waals surface area contributed by atoms with Crippen LogP contribution in [-0.2, 0) is 4.74 Å². The average Bonchev–Trinajstić information content (AvgIpc) is 2.28. The number of rotatable bonds is 2. The van der Waals surface area contributed by atoms with Crippen LogP contribution in [-0.4, -0.2) is 43.9 Å². The van der Waals surface area contributed by atoms with Gasteiger partial charge in [-0.05, 0) is 13.8 Å². The lowest BCUT2D eigenvalue weighted by Crippen LogP contribution is -2.36. The molecule has 0 unspecified atom stereocenters. The zero-order valence-electron chi connectivity index (χ0n) is 7.92. The highest BCUT2D eigenvalue weighted by Crippen LogP contribution is 2.10. The Morgan fingerprint density at radius 2 is 2.33 bits per heavy atom. The van der Waals surface area contributed by atoms with Crippen LogP contribution in [0.3, 0.4) is 0 Å². The molecule has 1 aliphatic rings. The number of halogens is 1. The monoisotopic (exact) mass is 175 g/mol. The summed E-state index contributed by atoms with van der Waals surface area (Å²) >= 11 is 0. The molecule has 72 valence electrons. The maximum Gasteiger partial charge on any atom is 0.0956 e. The third-order valence-corrected chi connectivity index (χ3v) is 2.32. The molecule has 0 radical (unpaired) electrons. The third-order valence-electron chi connectivity index (χ3n) is 2.32. The number of ether oxygens (including phenoxy) is 1. The van der Waals surface area contributed by atoms with E-state index in [9.17, 15) is 4.39 Å². The van der Waals surface area contributed by atoms with Gasteiger partial charge in [-0.3, -0.25) is 9.29 Å². The lowest BCUT2D eigenvalue weighted by Gasteiger charge is -2.25. The Morgan fingerprint density at radius 1 is 1.58 bits per heavy atom. The van der Waals surface area contributed by atoms with Crippen molar-refractivity contribution in [3.8, 4) is 0 Å². The Balaban J connectivity index is 2.42. The predicted molar refractivity (Wildman–Crippen MR) is 47.0 cm³/mol. The summed E-state index contributed by atoms with van der Waals surface area (Å²) in [4.78, 5) is 2.28. The van der Waals surface area contributed by atoms with Gasteiger partial charge < -0.3 is 4.74 Å². The van der Waals surface area contributed by atoms with Crippen LogP contribution in [0.15, 0.2) is 0 Å². The topological polar surface area (TPSA) is 12.5 Å². The molecule has 1 heterocycles. The fraction of sp³-hybridized carbons (Fsp3) is 1.00. The number of hydrogen-bond donors (Lipinski definition) is 0. The van der Waals surface area contributed by atoms with Gasteiger partial charge in [-0.25, -0.2) is 0 Å². The Kier molecular flexibility index (Phi) is 3.95. The van der Waals surface area contributed by atoms with Crippen LogP contribution >= 0.6 is 0 Å². The van der Waals surface area contributed by atoms with Crippen molar-refractivity contribution in [1.82, 2.24) is 4.90 Å². The predicted octanol–water partition coefficient (Wildman–Crippen LogP) is 1.31. The average molecular weight is 175 g/mol. The molecule has 3 heteroatoms. The molecule has 1 atom stereocenters. The van der Waals surface area contributed by atoms with E-state index in [0.717, 1.165) is 19.7 Å². The molecule has 0 amide bonds. The van der Waals surface area contributed by atoms with Crippen LogP contribution in [0.4, 0.5) is 4.39 Å². The van der Waals surface area contributed by atoms with Gasteiger partial charge in [0.2, 0.25) is 0 Å². The molecule has 0 bridgehead atoms. The molecule has 1 saturated heterocycles. The Morgan fingerprint density at radius 3 is 2.92 bits per heavy atom. The minimum absolute atomic E-state index is 0.0786. The van der Waals surface area contributed by atoms with Gasteiger partial charge in [0.15, 0.2) is 0 Å². The Hall–Kier alpha value is -0.150. The summed E-state index contributed by atoms with van der Waals surface area (Å²) in [6, 6.07) is 0.501. The van der Waals surface area contributed by atoms with Crippen molar-refractivity contribution in [3.05, 3.63) is 0 Å². The maximum atomic E-state index is 12.4. The maximum absolute atomic E-state index is 12.4. The molecule has 12 heavy (non-hydrogen) atoms. The first-order chi connectivity index (χ1) is 5.74. The molecule has 0 saturated carbocycles. The normalized spacial score (nSPS) is 27.5. The van der Waals surface area contributed by atoms with Gasteiger partial charge in [-0.1, -0.05) is 0 Å². The second-order valence-corrected chi connectivity index (χ2v) is 3.68. The van der Waals surface area contributed by atoms with E-state index in [0.29, 0.717) is 12.6 Å². The van der Waals surface area contributed by atoms with Gasteiger partial charge in [0.05, 0.1) is 19.9 Å². The number of nitrogens with zero attached hydrogens (tertiary/aromatic N) is 1. The lowest BCUT2D eigenvalue weighted by molar-refractivity contribution is 0.113. The van der Waals surface area contributed by atoms with Gasteiger partial charge >= 0.3 is 0 Å². The molecule has 1 rings (SSSR count). The first-order valence-electron chi connectivity index (χ1n) is 4.61. The first kappa shape index (κ1) is 9.93. The minimum atomic E-state index is -0.261. The fourth-order valence-corrected chi connectivity index (χ4v) is 1.47. The summed E-state index contributed by atoms with van der Waals surface area (Å²) in [5.74, 6) is 0.0786. The smallest absolute Gasteiger partial charge is 0.0956 e. The fourth-order valence-electron chi connectivity index (χ4n) is 1.47. The van der Waals surface area contributed by atoms with Gasteiger partial charge in [0.1, 0.15) is 0 Å². The van der Waals surface area contributed by atoms with Crippen molar-refractivity contribution in [2.75, 3.05) is 33.0 Å². The SMILES string of the molecule is CC(C)N1CCOC[C@@H](CF)C1. The van der Waals surface area contributed by atoms with Crippen LogP contribution in [0.25, 0.3) is 0 Å². The van der Waals surface area contributed by atoms with Crippen LogP contribution in [0, 0.1) is 5.92 Å². The van der Waals surface area contributed by atoms with Crippen molar-refractivity contribution in [1.29, 1.82) is 0 Å².